The first-order valence-corrected chi connectivity index (χ1v) is 8.20. The highest BCUT2D eigenvalue weighted by atomic mass is 16.5. The van der Waals surface area contributed by atoms with Gasteiger partial charge in [-0.2, -0.15) is 0 Å². The van der Waals surface area contributed by atoms with E-state index in [1.807, 2.05) is 6.92 Å². The molecule has 1 aromatic carbocycles. The Labute approximate surface area is 145 Å². The predicted molar refractivity (Wildman–Crippen MR) is 91.2 cm³/mol. The number of amides is 1. The predicted octanol–water partition coefficient (Wildman–Crippen LogP) is 2.02. The maximum absolute atomic E-state index is 12.7. The van der Waals surface area contributed by atoms with Gasteiger partial charge in [-0.3, -0.25) is 14.8 Å². The first kappa shape index (κ1) is 17.3. The average molecular weight is 343 g/mol. The van der Waals surface area contributed by atoms with Crippen LogP contribution < -0.4 is 5.32 Å². The topological polar surface area (TPSA) is 101 Å². The third-order valence-corrected chi connectivity index (χ3v) is 5.19. The number of rotatable bonds is 5. The van der Waals surface area contributed by atoms with Crippen molar-refractivity contribution in [3.05, 3.63) is 36.2 Å². The molecular formula is C18H21N3O4. The van der Waals surface area contributed by atoms with Crippen molar-refractivity contribution in [3.63, 3.8) is 0 Å². The van der Waals surface area contributed by atoms with Gasteiger partial charge in [-0.05, 0) is 25.1 Å². The molecule has 7 nitrogen and oxygen atoms in total. The van der Waals surface area contributed by atoms with Crippen LogP contribution in [0.25, 0.3) is 11.0 Å². The van der Waals surface area contributed by atoms with Gasteiger partial charge in [0.2, 0.25) is 0 Å². The van der Waals surface area contributed by atoms with Gasteiger partial charge in [0.05, 0.1) is 17.1 Å². The Hall–Kier alpha value is -2.54. The zero-order valence-corrected chi connectivity index (χ0v) is 14.4. The minimum atomic E-state index is -1.36. The highest BCUT2D eigenvalue weighted by Gasteiger charge is 2.66. The number of nitrogens with zero attached hydrogens (tertiary/aromatic N) is 2. The number of fused-ring (bicyclic) bond motifs is 1. The van der Waals surface area contributed by atoms with Gasteiger partial charge >= 0.3 is 5.97 Å². The molecule has 3 rings (SSSR count). The summed E-state index contributed by atoms with van der Waals surface area (Å²) < 4.78 is 5.61. The van der Waals surface area contributed by atoms with E-state index in [0.717, 1.165) is 0 Å². The van der Waals surface area contributed by atoms with Gasteiger partial charge in [0.15, 0.2) is 0 Å². The monoisotopic (exact) mass is 343 g/mol. The van der Waals surface area contributed by atoms with Crippen LogP contribution in [0.2, 0.25) is 0 Å². The second-order valence-electron chi connectivity index (χ2n) is 6.79. The fourth-order valence-corrected chi connectivity index (χ4v) is 3.41. The summed E-state index contributed by atoms with van der Waals surface area (Å²) in [4.78, 5) is 33.0. The van der Waals surface area contributed by atoms with Crippen molar-refractivity contribution in [1.82, 2.24) is 15.3 Å². The van der Waals surface area contributed by atoms with E-state index < -0.39 is 22.8 Å². The molecule has 1 saturated carbocycles. The summed E-state index contributed by atoms with van der Waals surface area (Å²) in [5.74, 6) is -1.50. The molecule has 132 valence electrons. The average Bonchev–Trinajstić information content (AvgIpc) is 2.59. The number of hydrogen-bond acceptors (Lipinski definition) is 5. The van der Waals surface area contributed by atoms with Gasteiger partial charge in [0.25, 0.3) is 5.91 Å². The van der Waals surface area contributed by atoms with E-state index >= 15 is 0 Å². The lowest BCUT2D eigenvalue weighted by Crippen LogP contribution is -2.76. The van der Waals surface area contributed by atoms with E-state index in [9.17, 15) is 14.7 Å². The zero-order chi connectivity index (χ0) is 18.2. The number of carboxylic acids is 1. The number of aliphatic carboxylic acids is 1. The van der Waals surface area contributed by atoms with Gasteiger partial charge in [-0.25, -0.2) is 4.79 Å². The molecule has 2 aromatic rings. The number of ether oxygens (including phenoxy) is 1. The molecule has 2 atom stereocenters. The second-order valence-corrected chi connectivity index (χ2v) is 6.79. The number of carbonyl (C=O) groups excluding carboxylic acids is 1. The Morgan fingerprint density at radius 2 is 1.96 bits per heavy atom. The largest absolute Gasteiger partial charge is 0.479 e. The Bertz CT molecular complexity index is 836. The van der Waals surface area contributed by atoms with Crippen LogP contribution in [0.15, 0.2) is 30.6 Å². The lowest BCUT2D eigenvalue weighted by molar-refractivity contribution is -0.190. The second kappa shape index (κ2) is 6.07. The van der Waals surface area contributed by atoms with Crippen molar-refractivity contribution in [1.29, 1.82) is 0 Å². The van der Waals surface area contributed by atoms with Gasteiger partial charge in [0.1, 0.15) is 5.54 Å². The first-order chi connectivity index (χ1) is 11.8. The van der Waals surface area contributed by atoms with Crippen LogP contribution in [0.4, 0.5) is 0 Å². The lowest BCUT2D eigenvalue weighted by Gasteiger charge is -2.58. The van der Waals surface area contributed by atoms with Crippen molar-refractivity contribution in [2.75, 3.05) is 6.61 Å². The molecule has 1 aromatic heterocycles. The first-order valence-electron chi connectivity index (χ1n) is 8.20. The van der Waals surface area contributed by atoms with Crippen molar-refractivity contribution < 1.29 is 19.4 Å². The van der Waals surface area contributed by atoms with Crippen LogP contribution >= 0.6 is 0 Å². The molecule has 2 unspecified atom stereocenters. The van der Waals surface area contributed by atoms with Crippen LogP contribution in [0.1, 0.15) is 37.6 Å². The standard InChI is InChI=1S/C18H21N3O4/c1-4-25-14-10-18(16(23)24,17(14,2)3)21-15(22)11-5-6-12-13(9-11)20-8-7-19-12/h5-9,14H,4,10H2,1-3H3,(H,21,22)(H,23,24). The molecule has 1 heterocycles. The molecule has 0 spiro atoms. The number of nitrogens with one attached hydrogen (secondary N) is 1. The van der Waals surface area contributed by atoms with Crippen molar-refractivity contribution in [2.24, 2.45) is 5.41 Å². The fourth-order valence-electron chi connectivity index (χ4n) is 3.41. The molecule has 1 amide bonds. The fraction of sp³-hybridized carbons (Fsp3) is 0.444. The molecule has 1 aliphatic rings. The summed E-state index contributed by atoms with van der Waals surface area (Å²) in [5, 5.41) is 12.5. The number of carboxylic acid groups (broad SMARTS) is 1. The Morgan fingerprint density at radius 1 is 1.28 bits per heavy atom. The quantitative estimate of drug-likeness (QED) is 0.861. The molecule has 2 N–H and O–H groups in total. The number of hydrogen-bond donors (Lipinski definition) is 2. The van der Waals surface area contributed by atoms with E-state index in [1.54, 1.807) is 44.4 Å². The lowest BCUT2D eigenvalue weighted by atomic mass is 9.54. The van der Waals surface area contributed by atoms with E-state index in [2.05, 4.69) is 15.3 Å². The minimum Gasteiger partial charge on any atom is -0.479 e. The molecule has 0 aliphatic heterocycles. The van der Waals surface area contributed by atoms with Crippen molar-refractivity contribution in [2.45, 2.75) is 38.8 Å². The van der Waals surface area contributed by atoms with Crippen molar-refractivity contribution >= 4 is 22.9 Å². The summed E-state index contributed by atoms with van der Waals surface area (Å²) in [6.07, 6.45) is 3.15. The third kappa shape index (κ3) is 2.64. The maximum atomic E-state index is 12.7. The molecule has 0 radical (unpaired) electrons. The molecule has 1 aliphatic carbocycles. The zero-order valence-electron chi connectivity index (χ0n) is 14.4. The van der Waals surface area contributed by atoms with E-state index in [1.165, 1.54) is 0 Å². The van der Waals surface area contributed by atoms with Gasteiger partial charge < -0.3 is 15.2 Å². The smallest absolute Gasteiger partial charge is 0.330 e. The van der Waals surface area contributed by atoms with Gasteiger partial charge in [-0.15, -0.1) is 0 Å². The SMILES string of the molecule is CCOC1CC(NC(=O)c2ccc3nccnc3c2)(C(=O)O)C1(C)C. The normalized spacial score (nSPS) is 24.5. The minimum absolute atomic E-state index is 0.212. The molecule has 25 heavy (non-hydrogen) atoms. The molecular weight excluding hydrogens is 322 g/mol. The maximum Gasteiger partial charge on any atom is 0.330 e. The molecule has 0 saturated heterocycles. The summed E-state index contributed by atoms with van der Waals surface area (Å²) >= 11 is 0. The highest BCUT2D eigenvalue weighted by Crippen LogP contribution is 2.51. The van der Waals surface area contributed by atoms with E-state index in [0.29, 0.717) is 23.2 Å². The number of carbonyl (C=O) groups is 2. The summed E-state index contributed by atoms with van der Waals surface area (Å²) in [7, 11) is 0. The number of benzene rings is 1. The molecule has 0 bridgehead atoms. The summed E-state index contributed by atoms with van der Waals surface area (Å²) in [6.45, 7) is 5.97. The van der Waals surface area contributed by atoms with Crippen LogP contribution in [0, 0.1) is 5.41 Å². The van der Waals surface area contributed by atoms with E-state index in [-0.39, 0.29) is 12.5 Å². The third-order valence-electron chi connectivity index (χ3n) is 5.19. The summed E-state index contributed by atoms with van der Waals surface area (Å²) in [6, 6.07) is 4.92. The van der Waals surface area contributed by atoms with Crippen molar-refractivity contribution in [3.8, 4) is 0 Å². The van der Waals surface area contributed by atoms with Gasteiger partial charge in [-0.1, -0.05) is 13.8 Å². The summed E-state index contributed by atoms with van der Waals surface area (Å²) in [5.41, 5.74) is -0.473. The Balaban J connectivity index is 1.87. The van der Waals surface area contributed by atoms with E-state index in [4.69, 9.17) is 4.74 Å². The van der Waals surface area contributed by atoms with Gasteiger partial charge in [0, 0.05) is 36.4 Å². The van der Waals surface area contributed by atoms with Crippen LogP contribution in [-0.2, 0) is 9.53 Å². The Kier molecular flexibility index (Phi) is 4.20. The van der Waals surface area contributed by atoms with Crippen LogP contribution in [-0.4, -0.2) is 45.2 Å². The van der Waals surface area contributed by atoms with Crippen LogP contribution in [0.5, 0.6) is 0 Å². The molecule has 7 heteroatoms. The Morgan fingerprint density at radius 3 is 2.56 bits per heavy atom. The highest BCUT2D eigenvalue weighted by molar-refractivity contribution is 6.00. The van der Waals surface area contributed by atoms with Crippen LogP contribution in [0.3, 0.4) is 0 Å². The molecule has 1 fully saturated rings. The number of aromatic nitrogens is 2.